The number of nitrogens with one attached hydrogen (secondary N) is 2. The first-order chi connectivity index (χ1) is 13.6. The standard InChI is InChI=1S/C19H19N3O4S2/c1-25-13-6-7-15(26-2)14(10-13)21-17(23)8-5-12-11-28-19(20-12)22-18(24)16-4-3-9-27-16/h3-4,6-7,9-11H,5,8H2,1-2H3,(H,21,23)(H,20,22,24). The molecule has 1 aromatic carbocycles. The number of thiazole rings is 1. The molecule has 0 aliphatic carbocycles. The summed E-state index contributed by atoms with van der Waals surface area (Å²) in [7, 11) is 3.10. The van der Waals surface area contributed by atoms with Gasteiger partial charge in [0.15, 0.2) is 5.13 Å². The summed E-state index contributed by atoms with van der Waals surface area (Å²) in [5.41, 5.74) is 1.30. The van der Waals surface area contributed by atoms with Crippen LogP contribution in [0.1, 0.15) is 21.8 Å². The highest BCUT2D eigenvalue weighted by atomic mass is 32.1. The molecule has 0 bridgehead atoms. The number of rotatable bonds is 8. The minimum atomic E-state index is -0.182. The Bertz CT molecular complexity index is 954. The van der Waals surface area contributed by atoms with Crippen LogP contribution in [0.15, 0.2) is 41.1 Å². The van der Waals surface area contributed by atoms with Gasteiger partial charge in [-0.05, 0) is 30.0 Å². The van der Waals surface area contributed by atoms with Crippen LogP contribution in [0.3, 0.4) is 0 Å². The first-order valence-corrected chi connectivity index (χ1v) is 10.2. The Kier molecular flexibility index (Phi) is 6.62. The molecule has 0 fully saturated rings. The molecule has 3 rings (SSSR count). The first-order valence-electron chi connectivity index (χ1n) is 8.40. The van der Waals surface area contributed by atoms with E-state index in [1.165, 1.54) is 22.7 Å². The maximum absolute atomic E-state index is 12.3. The number of aryl methyl sites for hydroxylation is 1. The summed E-state index contributed by atoms with van der Waals surface area (Å²) < 4.78 is 10.4. The highest BCUT2D eigenvalue weighted by molar-refractivity contribution is 7.14. The molecule has 2 aromatic heterocycles. The maximum atomic E-state index is 12.3. The molecule has 0 aliphatic rings. The van der Waals surface area contributed by atoms with Gasteiger partial charge in [-0.1, -0.05) is 6.07 Å². The lowest BCUT2D eigenvalue weighted by Gasteiger charge is -2.11. The number of ether oxygens (including phenoxy) is 2. The van der Waals surface area contributed by atoms with Crippen LogP contribution in [-0.2, 0) is 11.2 Å². The average molecular weight is 418 g/mol. The third kappa shape index (κ3) is 5.08. The second-order valence-electron chi connectivity index (χ2n) is 5.69. The molecule has 0 spiro atoms. The predicted molar refractivity (Wildman–Crippen MR) is 111 cm³/mol. The molecule has 0 unspecified atom stereocenters. The van der Waals surface area contributed by atoms with Gasteiger partial charge in [-0.3, -0.25) is 14.9 Å². The molecule has 28 heavy (non-hydrogen) atoms. The fraction of sp³-hybridized carbons (Fsp3) is 0.211. The summed E-state index contributed by atoms with van der Waals surface area (Å²) in [6, 6.07) is 8.78. The third-order valence-electron chi connectivity index (χ3n) is 3.81. The number of benzene rings is 1. The molecule has 0 aliphatic heterocycles. The van der Waals surface area contributed by atoms with E-state index in [-0.39, 0.29) is 18.2 Å². The van der Waals surface area contributed by atoms with Gasteiger partial charge in [-0.25, -0.2) is 4.98 Å². The van der Waals surface area contributed by atoms with Gasteiger partial charge < -0.3 is 14.8 Å². The number of amides is 2. The van der Waals surface area contributed by atoms with E-state index in [1.54, 1.807) is 38.5 Å². The lowest BCUT2D eigenvalue weighted by atomic mass is 10.2. The van der Waals surface area contributed by atoms with E-state index in [1.807, 2.05) is 16.8 Å². The van der Waals surface area contributed by atoms with Crippen molar-refractivity contribution in [1.82, 2.24) is 4.98 Å². The molecule has 146 valence electrons. The van der Waals surface area contributed by atoms with Crippen LogP contribution in [-0.4, -0.2) is 31.0 Å². The topological polar surface area (TPSA) is 89.5 Å². The number of nitrogens with zero attached hydrogens (tertiary/aromatic N) is 1. The van der Waals surface area contributed by atoms with Crippen LogP contribution in [0.5, 0.6) is 11.5 Å². The lowest BCUT2D eigenvalue weighted by Crippen LogP contribution is -2.13. The average Bonchev–Trinajstić information content (AvgIpc) is 3.38. The monoisotopic (exact) mass is 417 g/mol. The maximum Gasteiger partial charge on any atom is 0.267 e. The van der Waals surface area contributed by atoms with E-state index in [2.05, 4.69) is 15.6 Å². The number of hydrogen-bond donors (Lipinski definition) is 2. The molecule has 2 heterocycles. The second kappa shape index (κ2) is 9.34. The Morgan fingerprint density at radius 3 is 2.68 bits per heavy atom. The molecular formula is C19H19N3O4S2. The molecule has 0 atom stereocenters. The van der Waals surface area contributed by atoms with E-state index >= 15 is 0 Å². The Balaban J connectivity index is 1.54. The van der Waals surface area contributed by atoms with Crippen LogP contribution in [0.4, 0.5) is 10.8 Å². The zero-order valence-corrected chi connectivity index (χ0v) is 17.0. The summed E-state index contributed by atoms with van der Waals surface area (Å²) in [6.45, 7) is 0. The summed E-state index contributed by atoms with van der Waals surface area (Å²) in [6.07, 6.45) is 0.714. The molecule has 0 saturated carbocycles. The van der Waals surface area contributed by atoms with Crippen molar-refractivity contribution in [2.24, 2.45) is 0 Å². The summed E-state index contributed by atoms with van der Waals surface area (Å²) in [5, 5.41) is 9.79. The Labute approximate surface area is 170 Å². The van der Waals surface area contributed by atoms with Gasteiger partial charge in [0.2, 0.25) is 5.91 Å². The van der Waals surface area contributed by atoms with Crippen molar-refractivity contribution in [2.45, 2.75) is 12.8 Å². The first kappa shape index (κ1) is 19.8. The van der Waals surface area contributed by atoms with E-state index < -0.39 is 0 Å². The number of hydrogen-bond acceptors (Lipinski definition) is 7. The van der Waals surface area contributed by atoms with Crippen molar-refractivity contribution in [3.05, 3.63) is 51.7 Å². The quantitative estimate of drug-likeness (QED) is 0.577. The van der Waals surface area contributed by atoms with E-state index in [0.29, 0.717) is 33.6 Å². The third-order valence-corrected chi connectivity index (χ3v) is 5.48. The van der Waals surface area contributed by atoms with Gasteiger partial charge in [-0.2, -0.15) is 0 Å². The molecule has 9 heteroatoms. The molecular weight excluding hydrogens is 398 g/mol. The van der Waals surface area contributed by atoms with Gasteiger partial charge in [0.05, 0.1) is 30.5 Å². The molecule has 2 amide bonds. The molecule has 3 aromatic rings. The zero-order chi connectivity index (χ0) is 19.9. The Morgan fingerprint density at radius 1 is 1.11 bits per heavy atom. The minimum Gasteiger partial charge on any atom is -0.497 e. The SMILES string of the molecule is COc1ccc(OC)c(NC(=O)CCc2csc(NC(=O)c3cccs3)n2)c1. The molecule has 0 saturated heterocycles. The van der Waals surface area contributed by atoms with Crippen LogP contribution < -0.4 is 20.1 Å². The van der Waals surface area contributed by atoms with Crippen molar-refractivity contribution in [3.8, 4) is 11.5 Å². The largest absolute Gasteiger partial charge is 0.497 e. The summed E-state index contributed by atoms with van der Waals surface area (Å²) in [4.78, 5) is 29.3. The number of thiophene rings is 1. The number of carbonyl (C=O) groups is 2. The number of methoxy groups -OCH3 is 2. The second-order valence-corrected chi connectivity index (χ2v) is 7.50. The highest BCUT2D eigenvalue weighted by Crippen LogP contribution is 2.29. The van der Waals surface area contributed by atoms with Crippen molar-refractivity contribution in [3.63, 3.8) is 0 Å². The van der Waals surface area contributed by atoms with Gasteiger partial charge in [0, 0.05) is 17.9 Å². The van der Waals surface area contributed by atoms with E-state index in [9.17, 15) is 9.59 Å². The van der Waals surface area contributed by atoms with Crippen LogP contribution >= 0.6 is 22.7 Å². The highest BCUT2D eigenvalue weighted by Gasteiger charge is 2.12. The Hall–Kier alpha value is -2.91. The van der Waals surface area contributed by atoms with Gasteiger partial charge >= 0.3 is 0 Å². The smallest absolute Gasteiger partial charge is 0.267 e. The van der Waals surface area contributed by atoms with E-state index in [0.717, 1.165) is 5.69 Å². The molecule has 0 radical (unpaired) electrons. The number of carbonyl (C=O) groups excluding carboxylic acids is 2. The Morgan fingerprint density at radius 2 is 1.96 bits per heavy atom. The minimum absolute atomic E-state index is 0.163. The number of anilines is 2. The van der Waals surface area contributed by atoms with Crippen molar-refractivity contribution < 1.29 is 19.1 Å². The van der Waals surface area contributed by atoms with Gasteiger partial charge in [0.1, 0.15) is 11.5 Å². The lowest BCUT2D eigenvalue weighted by molar-refractivity contribution is -0.116. The van der Waals surface area contributed by atoms with Gasteiger partial charge in [-0.15, -0.1) is 22.7 Å². The molecule has 2 N–H and O–H groups in total. The van der Waals surface area contributed by atoms with Crippen molar-refractivity contribution in [2.75, 3.05) is 24.9 Å². The van der Waals surface area contributed by atoms with Gasteiger partial charge in [0.25, 0.3) is 5.91 Å². The number of aromatic nitrogens is 1. The fourth-order valence-corrected chi connectivity index (χ4v) is 3.77. The predicted octanol–water partition coefficient (Wildman–Crippen LogP) is 4.05. The molecule has 7 nitrogen and oxygen atoms in total. The van der Waals surface area contributed by atoms with Crippen LogP contribution in [0.2, 0.25) is 0 Å². The van der Waals surface area contributed by atoms with Crippen molar-refractivity contribution in [1.29, 1.82) is 0 Å². The zero-order valence-electron chi connectivity index (χ0n) is 15.4. The normalized spacial score (nSPS) is 10.4. The summed E-state index contributed by atoms with van der Waals surface area (Å²) in [5.74, 6) is 0.839. The van der Waals surface area contributed by atoms with Crippen molar-refractivity contribution >= 4 is 45.3 Å². The fourth-order valence-electron chi connectivity index (χ4n) is 2.41. The van der Waals surface area contributed by atoms with Crippen LogP contribution in [0, 0.1) is 0 Å². The van der Waals surface area contributed by atoms with Crippen LogP contribution in [0.25, 0.3) is 0 Å². The van der Waals surface area contributed by atoms with E-state index in [4.69, 9.17) is 9.47 Å². The summed E-state index contributed by atoms with van der Waals surface area (Å²) >= 11 is 2.71.